The number of hydrogen-bond donors (Lipinski definition) is 3. The molecule has 0 saturated heterocycles. The van der Waals surface area contributed by atoms with Crippen molar-refractivity contribution in [2.24, 2.45) is 5.92 Å². The number of imide groups is 1. The number of hydrogen-bond acceptors (Lipinski definition) is 4. The Hall–Kier alpha value is -1.89. The highest BCUT2D eigenvalue weighted by Crippen LogP contribution is 2.14. The summed E-state index contributed by atoms with van der Waals surface area (Å²) in [6.45, 7) is 3.99. The molecule has 7 heteroatoms. The second-order valence-corrected chi connectivity index (χ2v) is 6.02. The summed E-state index contributed by atoms with van der Waals surface area (Å²) >= 11 is 1.57. The van der Waals surface area contributed by atoms with Crippen molar-refractivity contribution in [1.29, 1.82) is 0 Å². The molecule has 3 amide bonds. The standard InChI is InChI=1S/C13H18N2O4S/c1-8(6-12(17)18)5-11(16)15-13(19)14-7-10-4-3-9(2)20-10/h3-4,8H,5-7H2,1-2H3,(H,17,18)(H2,14,15,16,19). The molecule has 20 heavy (non-hydrogen) atoms. The Morgan fingerprint density at radius 1 is 1.30 bits per heavy atom. The molecule has 0 spiro atoms. The molecule has 0 aliphatic rings. The average molecular weight is 298 g/mol. The Morgan fingerprint density at radius 2 is 2.00 bits per heavy atom. The van der Waals surface area contributed by atoms with E-state index in [0.717, 1.165) is 9.75 Å². The van der Waals surface area contributed by atoms with Crippen LogP contribution in [-0.4, -0.2) is 23.0 Å². The lowest BCUT2D eigenvalue weighted by molar-refractivity contribution is -0.138. The summed E-state index contributed by atoms with van der Waals surface area (Å²) < 4.78 is 0. The molecule has 0 aromatic carbocycles. The van der Waals surface area contributed by atoms with Gasteiger partial charge in [-0.3, -0.25) is 14.9 Å². The predicted molar refractivity (Wildman–Crippen MR) is 75.5 cm³/mol. The first-order valence-electron chi connectivity index (χ1n) is 6.21. The zero-order valence-electron chi connectivity index (χ0n) is 11.4. The highest BCUT2D eigenvalue weighted by molar-refractivity contribution is 7.11. The number of amides is 3. The summed E-state index contributed by atoms with van der Waals surface area (Å²) in [5.41, 5.74) is 0. The van der Waals surface area contributed by atoms with Crippen LogP contribution >= 0.6 is 11.3 Å². The maximum Gasteiger partial charge on any atom is 0.321 e. The van der Waals surface area contributed by atoms with Crippen LogP contribution in [0.5, 0.6) is 0 Å². The van der Waals surface area contributed by atoms with Gasteiger partial charge in [0.05, 0.1) is 6.54 Å². The maximum absolute atomic E-state index is 11.5. The molecule has 0 saturated carbocycles. The first-order chi connectivity index (χ1) is 9.36. The molecule has 1 heterocycles. The van der Waals surface area contributed by atoms with Crippen LogP contribution in [0.1, 0.15) is 29.5 Å². The van der Waals surface area contributed by atoms with Gasteiger partial charge in [-0.25, -0.2) is 4.79 Å². The molecule has 6 nitrogen and oxygen atoms in total. The molecule has 0 fully saturated rings. The van der Waals surface area contributed by atoms with Gasteiger partial charge in [0.15, 0.2) is 0 Å². The molecular formula is C13H18N2O4S. The molecule has 0 aliphatic carbocycles. The van der Waals surface area contributed by atoms with Crippen LogP contribution in [0, 0.1) is 12.8 Å². The topological polar surface area (TPSA) is 95.5 Å². The zero-order chi connectivity index (χ0) is 15.1. The van der Waals surface area contributed by atoms with E-state index in [4.69, 9.17) is 5.11 Å². The quantitative estimate of drug-likeness (QED) is 0.747. The van der Waals surface area contributed by atoms with Crippen molar-refractivity contribution < 1.29 is 19.5 Å². The number of carbonyl (C=O) groups excluding carboxylic acids is 2. The van der Waals surface area contributed by atoms with Crippen LogP contribution in [0.25, 0.3) is 0 Å². The van der Waals surface area contributed by atoms with Crippen LogP contribution in [0.2, 0.25) is 0 Å². The lowest BCUT2D eigenvalue weighted by Crippen LogP contribution is -2.39. The number of carbonyl (C=O) groups is 3. The summed E-state index contributed by atoms with van der Waals surface area (Å²) in [5, 5.41) is 13.3. The van der Waals surface area contributed by atoms with E-state index in [1.807, 2.05) is 19.1 Å². The lowest BCUT2D eigenvalue weighted by Gasteiger charge is -2.09. The van der Waals surface area contributed by atoms with Crippen molar-refractivity contribution in [2.45, 2.75) is 33.2 Å². The van der Waals surface area contributed by atoms with Crippen LogP contribution in [0.15, 0.2) is 12.1 Å². The number of rotatable bonds is 6. The molecule has 0 radical (unpaired) electrons. The number of carboxylic acids is 1. The molecular weight excluding hydrogens is 280 g/mol. The summed E-state index contributed by atoms with van der Waals surface area (Å²) in [6.07, 6.45) is -0.0820. The fourth-order valence-electron chi connectivity index (χ4n) is 1.66. The Bertz CT molecular complexity index is 498. The van der Waals surface area contributed by atoms with Crippen molar-refractivity contribution in [3.05, 3.63) is 21.9 Å². The molecule has 3 N–H and O–H groups in total. The molecule has 1 aromatic rings. The molecule has 0 bridgehead atoms. The highest BCUT2D eigenvalue weighted by Gasteiger charge is 2.14. The number of carboxylic acid groups (broad SMARTS) is 1. The Kier molecular flexibility index (Phi) is 6.17. The SMILES string of the molecule is Cc1ccc(CNC(=O)NC(=O)CC(C)CC(=O)O)s1. The number of urea groups is 1. The number of thiophene rings is 1. The van der Waals surface area contributed by atoms with Crippen LogP contribution in [-0.2, 0) is 16.1 Å². The van der Waals surface area contributed by atoms with E-state index >= 15 is 0 Å². The zero-order valence-corrected chi connectivity index (χ0v) is 12.3. The first-order valence-corrected chi connectivity index (χ1v) is 7.03. The van der Waals surface area contributed by atoms with Crippen molar-refractivity contribution >= 4 is 29.2 Å². The summed E-state index contributed by atoms with van der Waals surface area (Å²) in [6, 6.07) is 3.30. The van der Waals surface area contributed by atoms with E-state index in [-0.39, 0.29) is 18.8 Å². The Balaban J connectivity index is 2.27. The van der Waals surface area contributed by atoms with Crippen LogP contribution < -0.4 is 10.6 Å². The van der Waals surface area contributed by atoms with Gasteiger partial charge in [0.2, 0.25) is 5.91 Å². The van der Waals surface area contributed by atoms with Gasteiger partial charge in [0.1, 0.15) is 0 Å². The third kappa shape index (κ3) is 6.33. The van der Waals surface area contributed by atoms with Crippen molar-refractivity contribution in [3.63, 3.8) is 0 Å². The van der Waals surface area contributed by atoms with E-state index in [9.17, 15) is 14.4 Å². The van der Waals surface area contributed by atoms with Crippen LogP contribution in [0.4, 0.5) is 4.79 Å². The fourth-order valence-corrected chi connectivity index (χ4v) is 2.49. The number of aliphatic carboxylic acids is 1. The van der Waals surface area contributed by atoms with Gasteiger partial charge in [0.25, 0.3) is 0 Å². The molecule has 110 valence electrons. The summed E-state index contributed by atoms with van der Waals surface area (Å²) in [5.74, 6) is -1.73. The normalized spacial score (nSPS) is 11.7. The van der Waals surface area contributed by atoms with Crippen LogP contribution in [0.3, 0.4) is 0 Å². The van der Waals surface area contributed by atoms with Crippen molar-refractivity contribution in [3.8, 4) is 0 Å². The molecule has 0 aliphatic heterocycles. The van der Waals surface area contributed by atoms with E-state index < -0.39 is 17.9 Å². The fraction of sp³-hybridized carbons (Fsp3) is 0.462. The number of aryl methyl sites for hydroxylation is 1. The summed E-state index contributed by atoms with van der Waals surface area (Å²) in [7, 11) is 0. The maximum atomic E-state index is 11.5. The Labute approximate surface area is 121 Å². The van der Waals surface area contributed by atoms with Gasteiger partial charge >= 0.3 is 12.0 Å². The van der Waals surface area contributed by atoms with E-state index in [1.165, 1.54) is 0 Å². The smallest absolute Gasteiger partial charge is 0.321 e. The van der Waals surface area contributed by atoms with E-state index in [2.05, 4.69) is 10.6 Å². The molecule has 1 rings (SSSR count). The minimum absolute atomic E-state index is 0.0117. The van der Waals surface area contributed by atoms with Gasteiger partial charge in [0, 0.05) is 22.6 Å². The molecule has 1 unspecified atom stereocenters. The largest absolute Gasteiger partial charge is 0.481 e. The Morgan fingerprint density at radius 3 is 2.55 bits per heavy atom. The van der Waals surface area contributed by atoms with Gasteiger partial charge < -0.3 is 10.4 Å². The van der Waals surface area contributed by atoms with Gasteiger partial charge in [-0.1, -0.05) is 6.92 Å². The highest BCUT2D eigenvalue weighted by atomic mass is 32.1. The van der Waals surface area contributed by atoms with Crippen molar-refractivity contribution in [2.75, 3.05) is 0 Å². The van der Waals surface area contributed by atoms with Gasteiger partial charge in [-0.15, -0.1) is 11.3 Å². The minimum Gasteiger partial charge on any atom is -0.481 e. The lowest BCUT2D eigenvalue weighted by atomic mass is 10.0. The second kappa shape index (κ2) is 7.64. The molecule has 1 atom stereocenters. The number of nitrogens with one attached hydrogen (secondary N) is 2. The van der Waals surface area contributed by atoms with E-state index in [0.29, 0.717) is 6.54 Å². The monoisotopic (exact) mass is 298 g/mol. The van der Waals surface area contributed by atoms with Gasteiger partial charge in [-0.05, 0) is 25.0 Å². The van der Waals surface area contributed by atoms with Crippen molar-refractivity contribution in [1.82, 2.24) is 10.6 Å². The second-order valence-electron chi connectivity index (χ2n) is 4.65. The predicted octanol–water partition coefficient (Wildman–Crippen LogP) is 1.88. The van der Waals surface area contributed by atoms with Gasteiger partial charge in [-0.2, -0.15) is 0 Å². The first kappa shape index (κ1) is 16.2. The summed E-state index contributed by atoms with van der Waals surface area (Å²) in [4.78, 5) is 35.6. The third-order valence-corrected chi connectivity index (χ3v) is 3.53. The minimum atomic E-state index is -0.956. The molecule has 1 aromatic heterocycles. The van der Waals surface area contributed by atoms with E-state index in [1.54, 1.807) is 18.3 Å². The average Bonchev–Trinajstić information content (AvgIpc) is 2.71. The third-order valence-electron chi connectivity index (χ3n) is 2.53.